The molecule has 4 aliphatic carbocycles. The van der Waals surface area contributed by atoms with Gasteiger partial charge in [-0.1, -0.05) is 19.1 Å². The van der Waals surface area contributed by atoms with Crippen LogP contribution in [-0.4, -0.2) is 11.6 Å². The van der Waals surface area contributed by atoms with Crippen LogP contribution in [0.1, 0.15) is 45.4 Å². The topological polar surface area (TPSA) is 34.1 Å². The van der Waals surface area contributed by atoms with Crippen LogP contribution in [0.25, 0.3) is 0 Å². The molecule has 0 saturated heterocycles. The van der Waals surface area contributed by atoms with Gasteiger partial charge in [0.25, 0.3) is 0 Å². The first kappa shape index (κ1) is 11.0. The van der Waals surface area contributed by atoms with Crippen molar-refractivity contribution in [2.45, 2.75) is 45.4 Å². The summed E-state index contributed by atoms with van der Waals surface area (Å²) >= 11 is 0. The molecule has 0 radical (unpaired) electrons. The summed E-state index contributed by atoms with van der Waals surface area (Å²) in [5.74, 6) is 1.83. The average molecular weight is 244 g/mol. The van der Waals surface area contributed by atoms with Crippen LogP contribution in [0.3, 0.4) is 0 Å². The number of hydrogen-bond donors (Lipinski definition) is 0. The standard InChI is InChI=1S/C16H20O2/c1-10-13(17)8-12-9-14(18)16-6-3-2-4-11(16)5-7-15(10,12)16/h3,6,10-12H,2,4-5,7-9H2,1H3/t10-,11+,12+,15-,16+/m1/s1. The minimum Gasteiger partial charge on any atom is -0.299 e. The first-order valence-corrected chi connectivity index (χ1v) is 7.36. The molecule has 4 aliphatic rings. The van der Waals surface area contributed by atoms with Gasteiger partial charge in [-0.15, -0.1) is 0 Å². The lowest BCUT2D eigenvalue weighted by Crippen LogP contribution is -2.46. The highest BCUT2D eigenvalue weighted by Crippen LogP contribution is 2.74. The Bertz CT molecular complexity index is 477. The van der Waals surface area contributed by atoms with Crippen molar-refractivity contribution in [2.75, 3.05) is 0 Å². The highest BCUT2D eigenvalue weighted by molar-refractivity contribution is 5.97. The van der Waals surface area contributed by atoms with E-state index in [0.717, 1.165) is 25.7 Å². The van der Waals surface area contributed by atoms with Crippen molar-refractivity contribution in [1.29, 1.82) is 0 Å². The van der Waals surface area contributed by atoms with Crippen molar-refractivity contribution in [3.63, 3.8) is 0 Å². The third kappa shape index (κ3) is 0.886. The zero-order valence-electron chi connectivity index (χ0n) is 10.9. The van der Waals surface area contributed by atoms with Crippen LogP contribution in [0.5, 0.6) is 0 Å². The SMILES string of the molecule is C[C@@H]1C(=O)C[C@H]2CC(=O)[C@]34C=CCC[C@H]3CC[C@]214. The molecule has 0 N–H and O–H groups in total. The molecule has 18 heavy (non-hydrogen) atoms. The van der Waals surface area contributed by atoms with Gasteiger partial charge in [0, 0.05) is 18.8 Å². The normalized spacial score (nSPS) is 53.5. The van der Waals surface area contributed by atoms with Crippen molar-refractivity contribution < 1.29 is 9.59 Å². The van der Waals surface area contributed by atoms with Crippen molar-refractivity contribution in [2.24, 2.45) is 28.6 Å². The number of carbonyl (C=O) groups is 2. The summed E-state index contributed by atoms with van der Waals surface area (Å²) < 4.78 is 0. The number of ketones is 2. The summed E-state index contributed by atoms with van der Waals surface area (Å²) in [5.41, 5.74) is -0.246. The molecule has 0 heterocycles. The van der Waals surface area contributed by atoms with E-state index in [-0.39, 0.29) is 16.7 Å². The van der Waals surface area contributed by atoms with E-state index in [2.05, 4.69) is 19.1 Å². The fourth-order valence-corrected chi connectivity index (χ4v) is 6.04. The summed E-state index contributed by atoms with van der Waals surface area (Å²) in [4.78, 5) is 24.9. The van der Waals surface area contributed by atoms with Gasteiger partial charge in [0.2, 0.25) is 0 Å². The lowest BCUT2D eigenvalue weighted by molar-refractivity contribution is -0.131. The Labute approximate surface area is 108 Å². The second-order valence-corrected chi connectivity index (χ2v) is 6.84. The molecular weight excluding hydrogens is 224 g/mol. The Hall–Kier alpha value is -0.920. The highest BCUT2D eigenvalue weighted by Gasteiger charge is 2.74. The molecule has 0 amide bonds. The molecule has 96 valence electrons. The van der Waals surface area contributed by atoms with Crippen molar-refractivity contribution in [3.8, 4) is 0 Å². The Morgan fingerprint density at radius 3 is 2.83 bits per heavy atom. The van der Waals surface area contributed by atoms with Crippen LogP contribution in [0, 0.1) is 28.6 Å². The van der Waals surface area contributed by atoms with Crippen molar-refractivity contribution in [1.82, 2.24) is 0 Å². The van der Waals surface area contributed by atoms with E-state index in [1.54, 1.807) is 0 Å². The van der Waals surface area contributed by atoms with Crippen LogP contribution >= 0.6 is 0 Å². The molecule has 0 unspecified atom stereocenters. The van der Waals surface area contributed by atoms with Gasteiger partial charge < -0.3 is 0 Å². The number of rotatable bonds is 0. The zero-order chi connectivity index (χ0) is 12.5. The number of Topliss-reactive ketones (excluding diaryl/α,β-unsaturated/α-hetero) is 2. The molecule has 0 bridgehead atoms. The minimum absolute atomic E-state index is 0.00273. The Kier molecular flexibility index (Phi) is 1.92. The van der Waals surface area contributed by atoms with Crippen molar-refractivity contribution >= 4 is 11.6 Å². The first-order chi connectivity index (χ1) is 8.63. The smallest absolute Gasteiger partial charge is 0.143 e. The maximum Gasteiger partial charge on any atom is 0.143 e. The van der Waals surface area contributed by atoms with Gasteiger partial charge in [0.15, 0.2) is 0 Å². The third-order valence-corrected chi connectivity index (χ3v) is 6.71. The fraction of sp³-hybridized carbons (Fsp3) is 0.750. The third-order valence-electron chi connectivity index (χ3n) is 6.71. The molecule has 2 nitrogen and oxygen atoms in total. The van der Waals surface area contributed by atoms with Gasteiger partial charge in [-0.25, -0.2) is 0 Å². The summed E-state index contributed by atoms with van der Waals surface area (Å²) in [6.45, 7) is 2.09. The van der Waals surface area contributed by atoms with E-state index in [0.29, 0.717) is 36.2 Å². The molecule has 2 heteroatoms. The van der Waals surface area contributed by atoms with Crippen LogP contribution in [0.15, 0.2) is 12.2 Å². The monoisotopic (exact) mass is 244 g/mol. The summed E-state index contributed by atoms with van der Waals surface area (Å²) in [5, 5.41) is 0. The molecular formula is C16H20O2. The lowest BCUT2D eigenvalue weighted by atomic mass is 9.57. The van der Waals surface area contributed by atoms with Crippen molar-refractivity contribution in [3.05, 3.63) is 12.2 Å². The Morgan fingerprint density at radius 1 is 1.17 bits per heavy atom. The van der Waals surface area contributed by atoms with Gasteiger partial charge in [-0.05, 0) is 42.9 Å². The fourth-order valence-electron chi connectivity index (χ4n) is 6.04. The van der Waals surface area contributed by atoms with Gasteiger partial charge in [-0.2, -0.15) is 0 Å². The van der Waals surface area contributed by atoms with E-state index in [1.807, 2.05) is 0 Å². The molecule has 0 aromatic carbocycles. The van der Waals surface area contributed by atoms with Gasteiger partial charge in [-0.3, -0.25) is 9.59 Å². The second kappa shape index (κ2) is 3.15. The summed E-state index contributed by atoms with van der Waals surface area (Å²) in [7, 11) is 0. The predicted octanol–water partition coefficient (Wildman–Crippen LogP) is 2.92. The number of carbonyl (C=O) groups excluding carboxylic acids is 2. The quantitative estimate of drug-likeness (QED) is 0.614. The van der Waals surface area contributed by atoms with E-state index >= 15 is 0 Å². The molecule has 3 fully saturated rings. The lowest BCUT2D eigenvalue weighted by Gasteiger charge is -2.44. The molecule has 4 rings (SSSR count). The first-order valence-electron chi connectivity index (χ1n) is 7.36. The second-order valence-electron chi connectivity index (χ2n) is 6.84. The van der Waals surface area contributed by atoms with Gasteiger partial charge in [0.1, 0.15) is 11.6 Å². The van der Waals surface area contributed by atoms with E-state index in [1.165, 1.54) is 0 Å². The molecule has 0 aliphatic heterocycles. The molecule has 2 spiro atoms. The maximum absolute atomic E-state index is 12.7. The summed E-state index contributed by atoms with van der Waals surface area (Å²) in [6, 6.07) is 0. The predicted molar refractivity (Wildman–Crippen MR) is 67.9 cm³/mol. The maximum atomic E-state index is 12.7. The Balaban J connectivity index is 1.96. The average Bonchev–Trinajstić information content (AvgIpc) is 2.90. The zero-order valence-corrected chi connectivity index (χ0v) is 10.9. The van der Waals surface area contributed by atoms with E-state index in [9.17, 15) is 9.59 Å². The molecule has 0 aromatic heterocycles. The van der Waals surface area contributed by atoms with Crippen LogP contribution in [0.4, 0.5) is 0 Å². The van der Waals surface area contributed by atoms with Crippen LogP contribution in [0.2, 0.25) is 0 Å². The molecule has 5 atom stereocenters. The van der Waals surface area contributed by atoms with Gasteiger partial charge in [0.05, 0.1) is 5.41 Å². The number of allylic oxidation sites excluding steroid dienone is 2. The molecule has 0 aromatic rings. The van der Waals surface area contributed by atoms with E-state index < -0.39 is 0 Å². The molecule has 3 saturated carbocycles. The largest absolute Gasteiger partial charge is 0.299 e. The minimum atomic E-state index is -0.249. The Morgan fingerprint density at radius 2 is 2.00 bits per heavy atom. The van der Waals surface area contributed by atoms with E-state index in [4.69, 9.17) is 0 Å². The number of hydrogen-bond acceptors (Lipinski definition) is 2. The van der Waals surface area contributed by atoms with Gasteiger partial charge >= 0.3 is 0 Å². The highest BCUT2D eigenvalue weighted by atomic mass is 16.1. The van der Waals surface area contributed by atoms with Crippen LogP contribution in [-0.2, 0) is 9.59 Å². The van der Waals surface area contributed by atoms with Crippen LogP contribution < -0.4 is 0 Å². The summed E-state index contributed by atoms with van der Waals surface area (Å²) in [6.07, 6.45) is 10.3.